The molecule has 0 unspecified atom stereocenters. The second-order valence-electron chi connectivity index (χ2n) is 6.08. The van der Waals surface area contributed by atoms with E-state index in [-0.39, 0.29) is 28.9 Å². The minimum atomic E-state index is -1.76. The summed E-state index contributed by atoms with van der Waals surface area (Å²) in [7, 11) is 0. The van der Waals surface area contributed by atoms with E-state index in [2.05, 4.69) is 15.0 Å². The second kappa shape index (κ2) is 7.35. The van der Waals surface area contributed by atoms with Crippen LogP contribution in [0.3, 0.4) is 0 Å². The van der Waals surface area contributed by atoms with Gasteiger partial charge in [-0.25, -0.2) is 9.37 Å². The first-order valence-electron chi connectivity index (χ1n) is 8.23. The van der Waals surface area contributed by atoms with Gasteiger partial charge in [0, 0.05) is 0 Å². The Kier molecular flexibility index (Phi) is 4.92. The number of nitrogens with zero attached hydrogens (tertiary/aromatic N) is 4. The molecule has 2 N–H and O–H groups in total. The lowest BCUT2D eigenvalue weighted by molar-refractivity contribution is -0.0459. The van der Waals surface area contributed by atoms with Gasteiger partial charge < -0.3 is 19.7 Å². The van der Waals surface area contributed by atoms with Crippen molar-refractivity contribution in [2.24, 2.45) is 0 Å². The van der Waals surface area contributed by atoms with Crippen LogP contribution >= 0.6 is 11.6 Å². The van der Waals surface area contributed by atoms with E-state index in [1.807, 2.05) is 30.3 Å². The van der Waals surface area contributed by atoms with Gasteiger partial charge in [-0.3, -0.25) is 4.57 Å². The van der Waals surface area contributed by atoms with Gasteiger partial charge in [0.25, 0.3) is 0 Å². The Morgan fingerprint density at radius 1 is 1.26 bits per heavy atom. The highest BCUT2D eigenvalue weighted by molar-refractivity contribution is 6.28. The van der Waals surface area contributed by atoms with Crippen LogP contribution in [0.2, 0.25) is 5.28 Å². The molecule has 1 aliphatic heterocycles. The van der Waals surface area contributed by atoms with Crippen molar-refractivity contribution in [1.29, 1.82) is 0 Å². The summed E-state index contributed by atoms with van der Waals surface area (Å²) in [5, 5.41) is 18.9. The van der Waals surface area contributed by atoms with Crippen molar-refractivity contribution in [3.63, 3.8) is 0 Å². The first-order valence-corrected chi connectivity index (χ1v) is 8.61. The Bertz CT molecular complexity index is 941. The van der Waals surface area contributed by atoms with Crippen LogP contribution in [0.25, 0.3) is 11.2 Å². The number of hydrogen-bond donors (Lipinski definition) is 2. The van der Waals surface area contributed by atoms with Crippen molar-refractivity contribution in [1.82, 2.24) is 19.5 Å². The van der Waals surface area contributed by atoms with Gasteiger partial charge in [0.05, 0.1) is 12.9 Å². The van der Waals surface area contributed by atoms with Crippen molar-refractivity contribution in [2.75, 3.05) is 6.61 Å². The monoisotopic (exact) mass is 394 g/mol. The van der Waals surface area contributed by atoms with Gasteiger partial charge in [-0.2, -0.15) is 9.97 Å². The van der Waals surface area contributed by atoms with Gasteiger partial charge in [-0.15, -0.1) is 0 Å². The number of aliphatic hydroxyl groups is 2. The highest BCUT2D eigenvalue weighted by atomic mass is 35.5. The number of halogens is 2. The normalized spacial score (nSPS) is 25.2. The average molecular weight is 395 g/mol. The molecule has 0 spiro atoms. The number of ether oxygens (including phenoxy) is 2. The van der Waals surface area contributed by atoms with Crippen LogP contribution in [0.4, 0.5) is 4.39 Å². The molecule has 4 atom stereocenters. The van der Waals surface area contributed by atoms with Crippen molar-refractivity contribution >= 4 is 22.8 Å². The molecule has 1 fully saturated rings. The molecule has 1 aliphatic rings. The van der Waals surface area contributed by atoms with Crippen molar-refractivity contribution < 1.29 is 24.1 Å². The van der Waals surface area contributed by atoms with Crippen LogP contribution in [-0.2, 0) is 11.3 Å². The topological polar surface area (TPSA) is 103 Å². The smallest absolute Gasteiger partial charge is 0.247 e. The average Bonchev–Trinajstić information content (AvgIpc) is 3.22. The first kappa shape index (κ1) is 18.1. The molecule has 8 nitrogen and oxygen atoms in total. The van der Waals surface area contributed by atoms with Gasteiger partial charge in [0.1, 0.15) is 18.8 Å². The number of aromatic nitrogens is 4. The Labute approximate surface area is 158 Å². The molecule has 0 bridgehead atoms. The third-order valence-corrected chi connectivity index (χ3v) is 4.50. The van der Waals surface area contributed by atoms with E-state index in [0.717, 1.165) is 5.56 Å². The molecule has 3 aromatic rings. The molecular formula is C17H16ClFN4O4. The van der Waals surface area contributed by atoms with E-state index in [4.69, 9.17) is 21.1 Å². The molecule has 1 saturated heterocycles. The summed E-state index contributed by atoms with van der Waals surface area (Å²) in [5.41, 5.74) is 1.42. The number of aliphatic hydroxyl groups excluding tert-OH is 2. The summed E-state index contributed by atoms with van der Waals surface area (Å²) in [5.74, 6) is 0.153. The fourth-order valence-corrected chi connectivity index (χ4v) is 3.11. The van der Waals surface area contributed by atoms with Gasteiger partial charge >= 0.3 is 0 Å². The minimum absolute atomic E-state index is 0.0972. The van der Waals surface area contributed by atoms with E-state index in [9.17, 15) is 14.6 Å². The molecule has 10 heteroatoms. The Balaban J connectivity index is 1.66. The molecule has 3 heterocycles. The number of benzene rings is 1. The highest BCUT2D eigenvalue weighted by Crippen LogP contribution is 2.35. The van der Waals surface area contributed by atoms with Gasteiger partial charge in [0.15, 0.2) is 23.6 Å². The molecule has 27 heavy (non-hydrogen) atoms. The fraction of sp³-hybridized carbons (Fsp3) is 0.353. The summed E-state index contributed by atoms with van der Waals surface area (Å²) < 4.78 is 26.9. The lowest BCUT2D eigenvalue weighted by Crippen LogP contribution is -2.30. The number of imidazole rings is 1. The van der Waals surface area contributed by atoms with E-state index < -0.39 is 31.2 Å². The van der Waals surface area contributed by atoms with Crippen LogP contribution in [0.1, 0.15) is 11.8 Å². The van der Waals surface area contributed by atoms with E-state index in [0.29, 0.717) is 0 Å². The first-order chi connectivity index (χ1) is 13.1. The van der Waals surface area contributed by atoms with Crippen LogP contribution in [-0.4, -0.2) is 54.7 Å². The predicted molar refractivity (Wildman–Crippen MR) is 93.0 cm³/mol. The molecule has 0 saturated carbocycles. The molecule has 142 valence electrons. The zero-order valence-electron chi connectivity index (χ0n) is 13.9. The summed E-state index contributed by atoms with van der Waals surface area (Å²) >= 11 is 5.99. The molecule has 2 aromatic heterocycles. The SMILES string of the molecule is OC[C@H]1O[C@@H](n2cnc3c(OCc4ccccc4)nc(Cl)nc32)[C@@H](F)[C@@H]1O. The maximum Gasteiger partial charge on any atom is 0.247 e. The molecule has 0 aliphatic carbocycles. The number of alkyl halides is 1. The summed E-state index contributed by atoms with van der Waals surface area (Å²) in [6.45, 7) is -0.265. The van der Waals surface area contributed by atoms with Crippen LogP contribution in [0.5, 0.6) is 5.88 Å². The molecule has 4 rings (SSSR count). The highest BCUT2D eigenvalue weighted by Gasteiger charge is 2.45. The standard InChI is InChI=1S/C17H16ClFN4O4/c18-17-21-14-12(15(22-17)26-7-9-4-2-1-3-5-9)20-8-23(14)16-11(19)13(25)10(6-24)27-16/h1-5,8,10-11,13,16,24-25H,6-7H2/t10-,11+,13-,16-/m1/s1. The lowest BCUT2D eigenvalue weighted by atomic mass is 10.1. The van der Waals surface area contributed by atoms with Crippen LogP contribution < -0.4 is 4.74 Å². The number of rotatable bonds is 5. The predicted octanol–water partition coefficient (Wildman–Crippen LogP) is 1.65. The number of hydrogen-bond acceptors (Lipinski definition) is 7. The van der Waals surface area contributed by atoms with E-state index >= 15 is 0 Å². The second-order valence-corrected chi connectivity index (χ2v) is 6.42. The molecule has 0 radical (unpaired) electrons. The van der Waals surface area contributed by atoms with Crippen molar-refractivity contribution in [3.8, 4) is 5.88 Å². The Hall–Kier alpha value is -2.33. The minimum Gasteiger partial charge on any atom is -0.471 e. The van der Waals surface area contributed by atoms with E-state index in [1.54, 1.807) is 0 Å². The number of fused-ring (bicyclic) bond motifs is 1. The van der Waals surface area contributed by atoms with Crippen molar-refractivity contribution in [3.05, 3.63) is 47.5 Å². The lowest BCUT2D eigenvalue weighted by Gasteiger charge is -2.15. The van der Waals surface area contributed by atoms with E-state index in [1.165, 1.54) is 10.9 Å². The summed E-state index contributed by atoms with van der Waals surface area (Å²) in [4.78, 5) is 12.3. The maximum atomic E-state index is 14.4. The molecular weight excluding hydrogens is 379 g/mol. The summed E-state index contributed by atoms with van der Waals surface area (Å²) in [6, 6.07) is 9.47. The third kappa shape index (κ3) is 3.34. The fourth-order valence-electron chi connectivity index (χ4n) is 2.96. The van der Waals surface area contributed by atoms with Gasteiger partial charge in [-0.1, -0.05) is 30.3 Å². The van der Waals surface area contributed by atoms with Gasteiger partial charge in [-0.05, 0) is 17.2 Å². The largest absolute Gasteiger partial charge is 0.471 e. The quantitative estimate of drug-likeness (QED) is 0.634. The maximum absolute atomic E-state index is 14.4. The zero-order chi connectivity index (χ0) is 19.0. The Morgan fingerprint density at radius 2 is 2.04 bits per heavy atom. The van der Waals surface area contributed by atoms with Crippen LogP contribution in [0.15, 0.2) is 36.7 Å². The Morgan fingerprint density at radius 3 is 2.74 bits per heavy atom. The van der Waals surface area contributed by atoms with Crippen molar-refractivity contribution in [2.45, 2.75) is 31.2 Å². The molecule has 1 aromatic carbocycles. The zero-order valence-corrected chi connectivity index (χ0v) is 14.7. The van der Waals surface area contributed by atoms with Crippen LogP contribution in [0, 0.1) is 0 Å². The third-order valence-electron chi connectivity index (χ3n) is 4.33. The van der Waals surface area contributed by atoms with Gasteiger partial charge in [0.2, 0.25) is 11.2 Å². The molecule has 0 amide bonds. The summed E-state index contributed by atoms with van der Waals surface area (Å²) in [6.07, 6.45) is -4.14.